The molecule has 2 amide bonds. The quantitative estimate of drug-likeness (QED) is 0.862. The van der Waals surface area contributed by atoms with Gasteiger partial charge in [-0.15, -0.1) is 10.2 Å². The van der Waals surface area contributed by atoms with Crippen LogP contribution in [0.3, 0.4) is 0 Å². The van der Waals surface area contributed by atoms with Crippen LogP contribution < -0.4 is 10.5 Å². The van der Waals surface area contributed by atoms with Crippen LogP contribution in [0.5, 0.6) is 5.75 Å². The summed E-state index contributed by atoms with van der Waals surface area (Å²) in [4.78, 5) is 25.4. The number of nitrogens with zero attached hydrogens (tertiary/aromatic N) is 4. The summed E-state index contributed by atoms with van der Waals surface area (Å²) in [5, 5.41) is 7.70. The van der Waals surface area contributed by atoms with Crippen LogP contribution in [0.25, 0.3) is 0 Å². The first-order valence-electron chi connectivity index (χ1n) is 6.75. The van der Waals surface area contributed by atoms with Crippen molar-refractivity contribution < 1.29 is 14.3 Å². The second kappa shape index (κ2) is 5.47. The van der Waals surface area contributed by atoms with Gasteiger partial charge in [-0.05, 0) is 24.3 Å². The Balaban J connectivity index is 1.78. The van der Waals surface area contributed by atoms with Gasteiger partial charge in [0.25, 0.3) is 11.8 Å². The minimum absolute atomic E-state index is 0.0995. The van der Waals surface area contributed by atoms with Crippen molar-refractivity contribution in [2.75, 3.05) is 13.7 Å². The third-order valence-corrected chi connectivity index (χ3v) is 3.60. The lowest BCUT2D eigenvalue weighted by Gasteiger charge is -2.27. The number of aromatic nitrogens is 3. The Labute approximate surface area is 126 Å². The molecule has 0 fully saturated rings. The lowest BCUT2D eigenvalue weighted by molar-refractivity contribution is 0.0706. The number of hydrogen-bond donors (Lipinski definition) is 1. The van der Waals surface area contributed by atoms with E-state index in [1.807, 2.05) is 0 Å². The summed E-state index contributed by atoms with van der Waals surface area (Å²) in [6, 6.07) is 6.92. The van der Waals surface area contributed by atoms with E-state index in [0.29, 0.717) is 36.8 Å². The Morgan fingerprint density at radius 3 is 2.55 bits per heavy atom. The predicted octanol–water partition coefficient (Wildman–Crippen LogP) is 0.0416. The number of ether oxygens (including phenoxy) is 1. The third-order valence-electron chi connectivity index (χ3n) is 3.60. The fourth-order valence-electron chi connectivity index (χ4n) is 2.43. The summed E-state index contributed by atoms with van der Waals surface area (Å²) in [6.45, 7) is 1.21. The molecule has 0 aliphatic carbocycles. The molecule has 0 atom stereocenters. The molecule has 0 spiro atoms. The number of primary amides is 1. The lowest BCUT2D eigenvalue weighted by Crippen LogP contribution is -2.39. The maximum absolute atomic E-state index is 12.5. The molecule has 8 heteroatoms. The monoisotopic (exact) mass is 301 g/mol. The summed E-state index contributed by atoms with van der Waals surface area (Å²) >= 11 is 0. The van der Waals surface area contributed by atoms with E-state index in [0.717, 1.165) is 0 Å². The molecule has 1 aromatic heterocycles. The molecule has 0 saturated heterocycles. The van der Waals surface area contributed by atoms with Crippen molar-refractivity contribution in [3.63, 3.8) is 0 Å². The summed E-state index contributed by atoms with van der Waals surface area (Å²) in [7, 11) is 1.57. The first-order chi connectivity index (χ1) is 10.6. The molecule has 1 aliphatic rings. The molecule has 0 saturated carbocycles. The second-order valence-corrected chi connectivity index (χ2v) is 4.91. The van der Waals surface area contributed by atoms with Gasteiger partial charge in [-0.3, -0.25) is 9.59 Å². The fourth-order valence-corrected chi connectivity index (χ4v) is 2.43. The first-order valence-corrected chi connectivity index (χ1v) is 6.75. The van der Waals surface area contributed by atoms with E-state index >= 15 is 0 Å². The Morgan fingerprint density at radius 1 is 1.18 bits per heavy atom. The normalized spacial score (nSPS) is 13.6. The van der Waals surface area contributed by atoms with Gasteiger partial charge in [-0.2, -0.15) is 0 Å². The number of nitrogens with two attached hydrogens (primary N) is 1. The fraction of sp³-hybridized carbons (Fsp3) is 0.286. The smallest absolute Gasteiger partial charge is 0.286 e. The molecular formula is C14H15N5O3. The van der Waals surface area contributed by atoms with Gasteiger partial charge < -0.3 is 19.9 Å². The number of carbonyl (C=O) groups is 2. The van der Waals surface area contributed by atoms with Crippen LogP contribution in [0.1, 0.15) is 26.8 Å². The highest BCUT2D eigenvalue weighted by atomic mass is 16.5. The van der Waals surface area contributed by atoms with Crippen LogP contribution in [-0.4, -0.2) is 45.1 Å². The summed E-state index contributed by atoms with van der Waals surface area (Å²) in [6.07, 6.45) is 0. The van der Waals surface area contributed by atoms with Crippen molar-refractivity contribution in [3.8, 4) is 5.75 Å². The van der Waals surface area contributed by atoms with Crippen molar-refractivity contribution in [3.05, 3.63) is 41.5 Å². The topological polar surface area (TPSA) is 103 Å². The van der Waals surface area contributed by atoms with E-state index in [4.69, 9.17) is 10.5 Å². The minimum Gasteiger partial charge on any atom is -0.497 e. The van der Waals surface area contributed by atoms with Gasteiger partial charge in [0.05, 0.1) is 13.7 Å². The number of methoxy groups -OCH3 is 1. The summed E-state index contributed by atoms with van der Waals surface area (Å²) in [5.74, 6) is 0.667. The van der Waals surface area contributed by atoms with E-state index < -0.39 is 5.91 Å². The van der Waals surface area contributed by atoms with Crippen molar-refractivity contribution in [1.29, 1.82) is 0 Å². The van der Waals surface area contributed by atoms with Crippen LogP contribution in [0.2, 0.25) is 0 Å². The molecule has 0 bridgehead atoms. The van der Waals surface area contributed by atoms with Crippen LogP contribution in [-0.2, 0) is 13.1 Å². The zero-order valence-electron chi connectivity index (χ0n) is 12.0. The summed E-state index contributed by atoms with van der Waals surface area (Å²) < 4.78 is 6.73. The molecule has 2 heterocycles. The maximum atomic E-state index is 12.5. The van der Waals surface area contributed by atoms with Gasteiger partial charge in [0.15, 0.2) is 5.82 Å². The highest BCUT2D eigenvalue weighted by molar-refractivity contribution is 5.94. The average Bonchev–Trinajstić information content (AvgIpc) is 2.97. The number of hydrogen-bond acceptors (Lipinski definition) is 5. The molecule has 2 N–H and O–H groups in total. The summed E-state index contributed by atoms with van der Waals surface area (Å²) in [5.41, 5.74) is 5.81. The Morgan fingerprint density at radius 2 is 1.91 bits per heavy atom. The molecule has 2 aromatic rings. The number of fused-ring (bicyclic) bond motifs is 1. The van der Waals surface area contributed by atoms with Crippen molar-refractivity contribution >= 4 is 11.8 Å². The number of benzene rings is 1. The molecule has 1 aliphatic heterocycles. The maximum Gasteiger partial charge on any atom is 0.286 e. The van der Waals surface area contributed by atoms with E-state index in [1.165, 1.54) is 0 Å². The van der Waals surface area contributed by atoms with Gasteiger partial charge in [0.1, 0.15) is 5.75 Å². The molecule has 22 heavy (non-hydrogen) atoms. The molecule has 114 valence electrons. The largest absolute Gasteiger partial charge is 0.497 e. The molecular weight excluding hydrogens is 286 g/mol. The molecule has 3 rings (SSSR count). The minimum atomic E-state index is -0.617. The predicted molar refractivity (Wildman–Crippen MR) is 76.3 cm³/mol. The van der Waals surface area contributed by atoms with Crippen molar-refractivity contribution in [1.82, 2.24) is 19.7 Å². The van der Waals surface area contributed by atoms with Gasteiger partial charge in [0, 0.05) is 18.7 Å². The van der Waals surface area contributed by atoms with E-state index in [1.54, 1.807) is 40.8 Å². The molecule has 0 unspecified atom stereocenters. The van der Waals surface area contributed by atoms with Crippen LogP contribution >= 0.6 is 0 Å². The van der Waals surface area contributed by atoms with Crippen LogP contribution in [0.4, 0.5) is 0 Å². The van der Waals surface area contributed by atoms with E-state index in [2.05, 4.69) is 10.2 Å². The van der Waals surface area contributed by atoms with Crippen molar-refractivity contribution in [2.45, 2.75) is 13.1 Å². The zero-order chi connectivity index (χ0) is 15.7. The highest BCUT2D eigenvalue weighted by Crippen LogP contribution is 2.17. The standard InChI is InChI=1S/C14H15N5O3/c1-22-10-4-2-9(3-5-10)14(21)18-6-7-19-11(8-18)16-17-13(19)12(15)20/h2-5H,6-8H2,1H3,(H2,15,20). The molecule has 0 radical (unpaired) electrons. The highest BCUT2D eigenvalue weighted by Gasteiger charge is 2.26. The SMILES string of the molecule is COc1ccc(C(=O)N2CCn3c(nnc3C(N)=O)C2)cc1. The van der Waals surface area contributed by atoms with Crippen LogP contribution in [0, 0.1) is 0 Å². The third kappa shape index (κ3) is 2.39. The zero-order valence-corrected chi connectivity index (χ0v) is 12.0. The van der Waals surface area contributed by atoms with E-state index in [9.17, 15) is 9.59 Å². The average molecular weight is 301 g/mol. The van der Waals surface area contributed by atoms with E-state index in [-0.39, 0.29) is 11.7 Å². The number of amides is 2. The number of carbonyl (C=O) groups excluding carboxylic acids is 2. The Kier molecular flexibility index (Phi) is 3.50. The van der Waals surface area contributed by atoms with Crippen LogP contribution in [0.15, 0.2) is 24.3 Å². The Hall–Kier alpha value is -2.90. The molecule has 8 nitrogen and oxygen atoms in total. The van der Waals surface area contributed by atoms with Gasteiger partial charge in [0.2, 0.25) is 5.82 Å². The first kappa shape index (κ1) is 14.1. The lowest BCUT2D eigenvalue weighted by atomic mass is 10.2. The van der Waals surface area contributed by atoms with Gasteiger partial charge >= 0.3 is 0 Å². The van der Waals surface area contributed by atoms with Gasteiger partial charge in [-0.1, -0.05) is 0 Å². The second-order valence-electron chi connectivity index (χ2n) is 4.91. The Bertz CT molecular complexity index is 723. The van der Waals surface area contributed by atoms with Gasteiger partial charge in [-0.25, -0.2) is 0 Å². The van der Waals surface area contributed by atoms with Crippen molar-refractivity contribution in [2.24, 2.45) is 5.73 Å². The molecule has 1 aromatic carbocycles. The number of rotatable bonds is 3.